The van der Waals surface area contributed by atoms with Gasteiger partial charge in [0, 0.05) is 17.1 Å². The lowest BCUT2D eigenvalue weighted by Crippen LogP contribution is -2.12. The highest BCUT2D eigenvalue weighted by Gasteiger charge is 2.16. The van der Waals surface area contributed by atoms with E-state index in [9.17, 15) is 4.79 Å². The molecule has 1 aromatic carbocycles. The molecule has 1 amide bonds. The van der Waals surface area contributed by atoms with Gasteiger partial charge in [0.15, 0.2) is 10.3 Å². The average molecular weight is 467 g/mol. The number of hydrogen-bond acceptors (Lipinski definition) is 9. The van der Waals surface area contributed by atoms with Gasteiger partial charge in [-0.05, 0) is 51.1 Å². The van der Waals surface area contributed by atoms with Gasteiger partial charge in [0.1, 0.15) is 11.6 Å². The third kappa shape index (κ3) is 5.04. The number of hydrogen-bond donors (Lipinski definition) is 3. The Morgan fingerprint density at radius 3 is 2.69 bits per heavy atom. The fourth-order valence-corrected chi connectivity index (χ4v) is 4.64. The van der Waals surface area contributed by atoms with Crippen molar-refractivity contribution in [1.82, 2.24) is 15.0 Å². The molecular weight excluding hydrogens is 444 g/mol. The van der Waals surface area contributed by atoms with E-state index in [2.05, 4.69) is 20.6 Å². The second kappa shape index (κ2) is 9.33. The minimum Gasteiger partial charge on any atom is -0.489 e. The van der Waals surface area contributed by atoms with Crippen molar-refractivity contribution in [3.8, 4) is 16.3 Å². The summed E-state index contributed by atoms with van der Waals surface area (Å²) >= 11 is 2.97. The van der Waals surface area contributed by atoms with Gasteiger partial charge in [-0.25, -0.2) is 15.0 Å². The van der Waals surface area contributed by atoms with E-state index < -0.39 is 5.91 Å². The Labute approximate surface area is 193 Å². The van der Waals surface area contributed by atoms with Gasteiger partial charge in [0.05, 0.1) is 28.1 Å². The summed E-state index contributed by atoms with van der Waals surface area (Å²) < 4.78 is 5.86. The minimum absolute atomic E-state index is 0.0216. The van der Waals surface area contributed by atoms with Crippen LogP contribution in [0.1, 0.15) is 29.9 Å². The van der Waals surface area contributed by atoms with Crippen molar-refractivity contribution in [2.45, 2.75) is 26.9 Å². The molecule has 4 rings (SSSR count). The minimum atomic E-state index is -0.503. The molecular formula is C22H22N6O2S2. The standard InChI is InChI=1S/C22H22N6O2S2/c1-12(2)30-17-8-7-14(20(23)29)10-15(17)26-21-27-16(11-31-21)19-13(3)25-22(32-19)28-18-6-4-5-9-24-18/h4-12H,1-3H3,(H2,23,29)(H,26,27)(H,24,25,28). The Hall–Kier alpha value is -3.50. The van der Waals surface area contributed by atoms with Crippen molar-refractivity contribution < 1.29 is 9.53 Å². The summed E-state index contributed by atoms with van der Waals surface area (Å²) in [5, 5.41) is 9.87. The monoisotopic (exact) mass is 466 g/mol. The first kappa shape index (κ1) is 21.7. The van der Waals surface area contributed by atoms with Crippen molar-refractivity contribution in [1.29, 1.82) is 0 Å². The van der Waals surface area contributed by atoms with Crippen LogP contribution in [-0.4, -0.2) is 27.0 Å². The number of ether oxygens (including phenoxy) is 1. The van der Waals surface area contributed by atoms with Crippen LogP contribution in [0.25, 0.3) is 10.6 Å². The number of nitrogens with zero attached hydrogens (tertiary/aromatic N) is 3. The van der Waals surface area contributed by atoms with Gasteiger partial charge >= 0.3 is 0 Å². The van der Waals surface area contributed by atoms with Crippen LogP contribution in [-0.2, 0) is 0 Å². The van der Waals surface area contributed by atoms with Crippen LogP contribution in [0.3, 0.4) is 0 Å². The van der Waals surface area contributed by atoms with Crippen LogP contribution in [0.5, 0.6) is 5.75 Å². The zero-order valence-corrected chi connectivity index (χ0v) is 19.4. The van der Waals surface area contributed by atoms with Crippen LogP contribution in [0.4, 0.5) is 21.8 Å². The molecule has 4 aromatic rings. The van der Waals surface area contributed by atoms with Crippen LogP contribution in [0, 0.1) is 6.92 Å². The number of thiazole rings is 2. The van der Waals surface area contributed by atoms with E-state index in [4.69, 9.17) is 15.5 Å². The molecule has 0 unspecified atom stereocenters. The number of carbonyl (C=O) groups excluding carboxylic acids is 1. The lowest BCUT2D eigenvalue weighted by molar-refractivity contribution is 0.100. The summed E-state index contributed by atoms with van der Waals surface area (Å²) in [6, 6.07) is 10.7. The highest BCUT2D eigenvalue weighted by Crippen LogP contribution is 2.37. The van der Waals surface area contributed by atoms with Crippen molar-refractivity contribution >= 4 is 50.3 Å². The highest BCUT2D eigenvalue weighted by atomic mass is 32.1. The van der Waals surface area contributed by atoms with Gasteiger partial charge in [0.2, 0.25) is 5.91 Å². The maximum Gasteiger partial charge on any atom is 0.248 e. The van der Waals surface area contributed by atoms with Crippen molar-refractivity contribution in [3.05, 3.63) is 59.2 Å². The number of pyridine rings is 1. The zero-order chi connectivity index (χ0) is 22.7. The third-order valence-electron chi connectivity index (χ3n) is 4.30. The summed E-state index contributed by atoms with van der Waals surface area (Å²) in [5.74, 6) is 0.857. The molecule has 0 saturated heterocycles. The quantitative estimate of drug-likeness (QED) is 0.321. The van der Waals surface area contributed by atoms with Gasteiger partial charge in [-0.15, -0.1) is 11.3 Å². The van der Waals surface area contributed by atoms with E-state index in [-0.39, 0.29) is 6.10 Å². The normalized spacial score (nSPS) is 10.9. The van der Waals surface area contributed by atoms with Crippen LogP contribution >= 0.6 is 22.7 Å². The molecule has 0 aliphatic carbocycles. The summed E-state index contributed by atoms with van der Waals surface area (Å²) in [6.45, 7) is 5.83. The summed E-state index contributed by atoms with van der Waals surface area (Å²) in [5.41, 5.74) is 8.17. The molecule has 0 saturated carbocycles. The maximum absolute atomic E-state index is 11.6. The molecule has 0 aliphatic rings. The van der Waals surface area contributed by atoms with Gasteiger partial charge < -0.3 is 21.1 Å². The Kier molecular flexibility index (Phi) is 6.33. The average Bonchev–Trinajstić information content (AvgIpc) is 3.35. The molecule has 0 radical (unpaired) electrons. The second-order valence-electron chi connectivity index (χ2n) is 7.18. The molecule has 4 N–H and O–H groups in total. The molecule has 0 bridgehead atoms. The first-order chi connectivity index (χ1) is 15.4. The molecule has 32 heavy (non-hydrogen) atoms. The number of benzene rings is 1. The number of carbonyl (C=O) groups is 1. The zero-order valence-electron chi connectivity index (χ0n) is 17.7. The number of nitrogens with two attached hydrogens (primary N) is 1. The second-order valence-corrected chi connectivity index (χ2v) is 9.04. The van der Waals surface area contributed by atoms with Gasteiger partial charge in [-0.3, -0.25) is 4.79 Å². The first-order valence-corrected chi connectivity index (χ1v) is 11.6. The third-order valence-corrected chi connectivity index (χ3v) is 6.15. The molecule has 0 spiro atoms. The molecule has 10 heteroatoms. The molecule has 0 aliphatic heterocycles. The number of nitrogens with one attached hydrogen (secondary N) is 2. The van der Waals surface area contributed by atoms with Gasteiger partial charge in [0.25, 0.3) is 0 Å². The van der Waals surface area contributed by atoms with E-state index in [1.807, 2.05) is 44.4 Å². The molecule has 8 nitrogen and oxygen atoms in total. The SMILES string of the molecule is Cc1nc(Nc2ccccn2)sc1-c1csc(Nc2cc(C(N)=O)ccc2OC(C)C)n1. The molecule has 3 heterocycles. The number of amides is 1. The van der Waals surface area contributed by atoms with Crippen molar-refractivity contribution in [3.63, 3.8) is 0 Å². The number of anilines is 4. The van der Waals surface area contributed by atoms with Crippen molar-refractivity contribution in [2.24, 2.45) is 5.73 Å². The topological polar surface area (TPSA) is 115 Å². The number of rotatable bonds is 8. The lowest BCUT2D eigenvalue weighted by atomic mass is 10.1. The van der Waals surface area contributed by atoms with E-state index >= 15 is 0 Å². The summed E-state index contributed by atoms with van der Waals surface area (Å²) in [7, 11) is 0. The van der Waals surface area contributed by atoms with E-state index in [0.717, 1.165) is 27.2 Å². The van der Waals surface area contributed by atoms with E-state index in [1.54, 1.807) is 24.4 Å². The molecule has 0 atom stereocenters. The smallest absolute Gasteiger partial charge is 0.248 e. The van der Waals surface area contributed by atoms with E-state index in [1.165, 1.54) is 22.7 Å². The van der Waals surface area contributed by atoms with Crippen LogP contribution < -0.4 is 21.1 Å². The Bertz CT molecular complexity index is 1240. The van der Waals surface area contributed by atoms with Crippen LogP contribution in [0.15, 0.2) is 48.0 Å². The molecule has 0 fully saturated rings. The van der Waals surface area contributed by atoms with Gasteiger partial charge in [-0.1, -0.05) is 17.4 Å². The van der Waals surface area contributed by atoms with E-state index in [0.29, 0.717) is 22.1 Å². The number of aryl methyl sites for hydroxylation is 1. The Balaban J connectivity index is 1.57. The largest absolute Gasteiger partial charge is 0.489 e. The Morgan fingerprint density at radius 2 is 1.97 bits per heavy atom. The molecule has 3 aromatic heterocycles. The van der Waals surface area contributed by atoms with Crippen molar-refractivity contribution in [2.75, 3.05) is 10.6 Å². The van der Waals surface area contributed by atoms with Gasteiger partial charge in [-0.2, -0.15) is 0 Å². The fraction of sp³-hybridized carbons (Fsp3) is 0.182. The number of primary amides is 1. The maximum atomic E-state index is 11.6. The first-order valence-electron chi connectivity index (χ1n) is 9.88. The van der Waals surface area contributed by atoms with Crippen LogP contribution in [0.2, 0.25) is 0 Å². The summed E-state index contributed by atoms with van der Waals surface area (Å²) in [4.78, 5) is 26.2. The number of aromatic nitrogens is 3. The molecule has 164 valence electrons. The highest BCUT2D eigenvalue weighted by molar-refractivity contribution is 7.19. The summed E-state index contributed by atoms with van der Waals surface area (Å²) in [6.07, 6.45) is 1.71. The predicted octanol–water partition coefficient (Wildman–Crippen LogP) is 5.34. The lowest BCUT2D eigenvalue weighted by Gasteiger charge is -2.15. The predicted molar refractivity (Wildman–Crippen MR) is 129 cm³/mol. The Morgan fingerprint density at radius 1 is 1.12 bits per heavy atom. The fourth-order valence-electron chi connectivity index (χ4n) is 2.92.